The number of anilines is 3. The van der Waals surface area contributed by atoms with Gasteiger partial charge in [-0.05, 0) is 24.3 Å². The third-order valence-corrected chi connectivity index (χ3v) is 3.44. The van der Waals surface area contributed by atoms with E-state index in [4.69, 9.17) is 28.9 Å². The van der Waals surface area contributed by atoms with Gasteiger partial charge in [-0.25, -0.2) is 0 Å². The predicted octanol–water partition coefficient (Wildman–Crippen LogP) is 3.65. The summed E-state index contributed by atoms with van der Waals surface area (Å²) in [5, 5.41) is 3.45. The van der Waals surface area contributed by atoms with E-state index in [0.29, 0.717) is 21.4 Å². The van der Waals surface area contributed by atoms with Crippen LogP contribution < -0.4 is 16.0 Å². The largest absolute Gasteiger partial charge is 0.397 e. The number of hydrogen-bond acceptors (Lipinski definition) is 3. The maximum absolute atomic E-state index is 12.1. The second-order valence-electron chi connectivity index (χ2n) is 4.59. The van der Waals surface area contributed by atoms with Crippen molar-refractivity contribution < 1.29 is 4.79 Å². The highest BCUT2D eigenvalue weighted by Crippen LogP contribution is 2.32. The fourth-order valence-electron chi connectivity index (χ4n) is 1.89. The van der Waals surface area contributed by atoms with Gasteiger partial charge in [0.1, 0.15) is 0 Å². The van der Waals surface area contributed by atoms with Crippen molar-refractivity contribution >= 4 is 46.2 Å². The van der Waals surface area contributed by atoms with Crippen LogP contribution in [0.2, 0.25) is 10.0 Å². The SMILES string of the molecule is CN(CC(=O)Nc1c(N)cc(Cl)cc1Cl)c1ccccc1. The molecule has 0 atom stereocenters. The Bertz CT molecular complexity index is 624. The number of amides is 1. The van der Waals surface area contributed by atoms with Gasteiger partial charge in [0.25, 0.3) is 0 Å². The maximum Gasteiger partial charge on any atom is 0.243 e. The maximum atomic E-state index is 12.1. The number of rotatable bonds is 4. The Morgan fingerprint density at radius 1 is 1.24 bits per heavy atom. The predicted molar refractivity (Wildman–Crippen MR) is 89.2 cm³/mol. The van der Waals surface area contributed by atoms with Gasteiger partial charge >= 0.3 is 0 Å². The second-order valence-corrected chi connectivity index (χ2v) is 5.44. The molecule has 0 fully saturated rings. The molecule has 2 aromatic rings. The van der Waals surface area contributed by atoms with Gasteiger partial charge in [-0.15, -0.1) is 0 Å². The van der Waals surface area contributed by atoms with Crippen LogP contribution in [0.4, 0.5) is 17.1 Å². The molecule has 0 saturated heterocycles. The Labute approximate surface area is 133 Å². The zero-order valence-corrected chi connectivity index (χ0v) is 12.9. The van der Waals surface area contributed by atoms with Crippen LogP contribution in [-0.2, 0) is 4.79 Å². The lowest BCUT2D eigenvalue weighted by atomic mass is 10.2. The van der Waals surface area contributed by atoms with E-state index in [1.807, 2.05) is 42.3 Å². The standard InChI is InChI=1S/C15H15Cl2N3O/c1-20(11-5-3-2-4-6-11)9-14(21)19-15-12(17)7-10(16)8-13(15)18/h2-8H,9,18H2,1H3,(H,19,21). The highest BCUT2D eigenvalue weighted by atomic mass is 35.5. The quantitative estimate of drug-likeness (QED) is 0.844. The van der Waals surface area contributed by atoms with Gasteiger partial charge in [0.05, 0.1) is 22.9 Å². The molecule has 110 valence electrons. The van der Waals surface area contributed by atoms with E-state index in [0.717, 1.165) is 5.69 Å². The third kappa shape index (κ3) is 4.03. The lowest BCUT2D eigenvalue weighted by molar-refractivity contribution is -0.114. The molecule has 0 aromatic heterocycles. The molecule has 0 radical (unpaired) electrons. The van der Waals surface area contributed by atoms with Crippen molar-refractivity contribution in [3.8, 4) is 0 Å². The van der Waals surface area contributed by atoms with Crippen LogP contribution in [-0.4, -0.2) is 19.5 Å². The second kappa shape index (κ2) is 6.70. The summed E-state index contributed by atoms with van der Waals surface area (Å²) in [7, 11) is 1.84. The number of hydrogen-bond donors (Lipinski definition) is 2. The highest BCUT2D eigenvalue weighted by Gasteiger charge is 2.12. The summed E-state index contributed by atoms with van der Waals surface area (Å²) in [6.45, 7) is 0.183. The molecule has 2 aromatic carbocycles. The molecule has 6 heteroatoms. The van der Waals surface area contributed by atoms with Crippen molar-refractivity contribution in [3.63, 3.8) is 0 Å². The summed E-state index contributed by atoms with van der Waals surface area (Å²) in [6.07, 6.45) is 0. The Morgan fingerprint density at radius 2 is 1.90 bits per heavy atom. The van der Waals surface area contributed by atoms with Crippen molar-refractivity contribution in [2.24, 2.45) is 0 Å². The fraction of sp³-hybridized carbons (Fsp3) is 0.133. The minimum atomic E-state index is -0.211. The number of likely N-dealkylation sites (N-methyl/N-ethyl adjacent to an activating group) is 1. The molecule has 2 rings (SSSR count). The topological polar surface area (TPSA) is 58.4 Å². The molecular weight excluding hydrogens is 309 g/mol. The van der Waals surface area contributed by atoms with Crippen LogP contribution in [0, 0.1) is 0 Å². The molecule has 0 aliphatic rings. The minimum absolute atomic E-state index is 0.183. The van der Waals surface area contributed by atoms with Crippen LogP contribution in [0.5, 0.6) is 0 Å². The summed E-state index contributed by atoms with van der Waals surface area (Å²) in [5.74, 6) is -0.211. The monoisotopic (exact) mass is 323 g/mol. The first-order chi connectivity index (χ1) is 9.97. The number of halogens is 2. The molecule has 0 heterocycles. The zero-order valence-electron chi connectivity index (χ0n) is 11.4. The van der Waals surface area contributed by atoms with E-state index < -0.39 is 0 Å². The van der Waals surface area contributed by atoms with Crippen molar-refractivity contribution in [3.05, 3.63) is 52.5 Å². The van der Waals surface area contributed by atoms with Crippen molar-refractivity contribution in [2.75, 3.05) is 29.5 Å². The summed E-state index contributed by atoms with van der Waals surface area (Å²) >= 11 is 11.9. The van der Waals surface area contributed by atoms with Crippen LogP contribution >= 0.6 is 23.2 Å². The van der Waals surface area contributed by atoms with Gasteiger partial charge in [0.15, 0.2) is 0 Å². The number of nitrogen functional groups attached to an aromatic ring is 1. The molecule has 0 spiro atoms. The average molecular weight is 324 g/mol. The Kier molecular flexibility index (Phi) is 4.94. The van der Waals surface area contributed by atoms with E-state index >= 15 is 0 Å². The van der Waals surface area contributed by atoms with Gasteiger partial charge in [-0.2, -0.15) is 0 Å². The van der Waals surface area contributed by atoms with Gasteiger partial charge in [0, 0.05) is 17.8 Å². The Morgan fingerprint density at radius 3 is 2.52 bits per heavy atom. The molecule has 4 nitrogen and oxygen atoms in total. The van der Waals surface area contributed by atoms with Gasteiger partial charge < -0.3 is 16.0 Å². The summed E-state index contributed by atoms with van der Waals surface area (Å²) < 4.78 is 0. The number of para-hydroxylation sites is 1. The molecule has 0 unspecified atom stereocenters. The van der Waals surface area contributed by atoms with E-state index in [2.05, 4.69) is 5.32 Å². The van der Waals surface area contributed by atoms with Crippen LogP contribution in [0.25, 0.3) is 0 Å². The van der Waals surface area contributed by atoms with E-state index in [-0.39, 0.29) is 12.5 Å². The minimum Gasteiger partial charge on any atom is -0.397 e. The van der Waals surface area contributed by atoms with E-state index in [1.54, 1.807) is 6.07 Å². The highest BCUT2D eigenvalue weighted by molar-refractivity contribution is 6.37. The Hall–Kier alpha value is -1.91. The lowest BCUT2D eigenvalue weighted by Gasteiger charge is -2.19. The van der Waals surface area contributed by atoms with E-state index in [1.165, 1.54) is 6.07 Å². The lowest BCUT2D eigenvalue weighted by Crippen LogP contribution is -2.30. The van der Waals surface area contributed by atoms with Crippen LogP contribution in [0.1, 0.15) is 0 Å². The number of benzene rings is 2. The summed E-state index contributed by atoms with van der Waals surface area (Å²) in [4.78, 5) is 13.9. The molecule has 0 bridgehead atoms. The molecule has 0 aliphatic carbocycles. The van der Waals surface area contributed by atoms with Crippen LogP contribution in [0.15, 0.2) is 42.5 Å². The number of nitrogens with two attached hydrogens (primary N) is 1. The molecule has 3 N–H and O–H groups in total. The zero-order chi connectivity index (χ0) is 15.4. The number of carbonyl (C=O) groups excluding carboxylic acids is 1. The number of nitrogens with zero attached hydrogens (tertiary/aromatic N) is 1. The first kappa shape index (κ1) is 15.5. The van der Waals surface area contributed by atoms with Crippen LogP contribution in [0.3, 0.4) is 0 Å². The number of nitrogens with one attached hydrogen (secondary N) is 1. The smallest absolute Gasteiger partial charge is 0.243 e. The van der Waals surface area contributed by atoms with Gasteiger partial charge in [-0.1, -0.05) is 41.4 Å². The van der Waals surface area contributed by atoms with Crippen molar-refractivity contribution in [2.45, 2.75) is 0 Å². The van der Waals surface area contributed by atoms with Crippen molar-refractivity contribution in [1.82, 2.24) is 0 Å². The molecule has 0 aliphatic heterocycles. The first-order valence-electron chi connectivity index (χ1n) is 6.28. The first-order valence-corrected chi connectivity index (χ1v) is 7.03. The Balaban J connectivity index is 2.06. The summed E-state index contributed by atoms with van der Waals surface area (Å²) in [5.41, 5.74) is 7.48. The van der Waals surface area contributed by atoms with Crippen molar-refractivity contribution in [1.29, 1.82) is 0 Å². The third-order valence-electron chi connectivity index (χ3n) is 2.93. The molecular formula is C15H15Cl2N3O. The fourth-order valence-corrected chi connectivity index (χ4v) is 2.45. The van der Waals surface area contributed by atoms with Gasteiger partial charge in [0.2, 0.25) is 5.91 Å². The van der Waals surface area contributed by atoms with E-state index in [9.17, 15) is 4.79 Å². The molecule has 21 heavy (non-hydrogen) atoms. The van der Waals surface area contributed by atoms with Gasteiger partial charge in [-0.3, -0.25) is 4.79 Å². The average Bonchev–Trinajstić information content (AvgIpc) is 2.43. The molecule has 0 saturated carbocycles. The summed E-state index contributed by atoms with van der Waals surface area (Å²) in [6, 6.07) is 12.7. The normalized spacial score (nSPS) is 10.2. The number of carbonyl (C=O) groups is 1. The molecule has 1 amide bonds.